The van der Waals surface area contributed by atoms with E-state index in [4.69, 9.17) is 14.2 Å². The number of nitrogens with one attached hydrogen (secondary N) is 2. The summed E-state index contributed by atoms with van der Waals surface area (Å²) in [5, 5.41) is 10.6. The average molecular weight is 512 g/mol. The molecule has 0 radical (unpaired) electrons. The summed E-state index contributed by atoms with van der Waals surface area (Å²) in [6.07, 6.45) is 1.46. The van der Waals surface area contributed by atoms with Crippen molar-refractivity contribution in [1.82, 2.24) is 14.8 Å². The van der Waals surface area contributed by atoms with Gasteiger partial charge >= 0.3 is 0 Å². The highest BCUT2D eigenvalue weighted by Gasteiger charge is 2.34. The number of benzene rings is 3. The molecule has 1 atom stereocenters. The zero-order chi connectivity index (χ0) is 26.6. The van der Waals surface area contributed by atoms with Crippen molar-refractivity contribution in [3.63, 3.8) is 0 Å². The van der Waals surface area contributed by atoms with Crippen molar-refractivity contribution in [2.45, 2.75) is 26.5 Å². The number of hydrogen-bond donors (Lipinski definition) is 2. The first-order chi connectivity index (χ1) is 18.5. The normalized spacial score (nSPS) is 14.4. The third-order valence-corrected chi connectivity index (χ3v) is 6.41. The van der Waals surface area contributed by atoms with Crippen LogP contribution in [0.15, 0.2) is 84.3 Å². The van der Waals surface area contributed by atoms with Crippen molar-refractivity contribution >= 4 is 17.5 Å². The van der Waals surface area contributed by atoms with Crippen LogP contribution in [0.3, 0.4) is 0 Å². The minimum Gasteiger partial charge on any atom is -0.495 e. The summed E-state index contributed by atoms with van der Waals surface area (Å²) in [5.41, 5.74) is 4.77. The molecule has 0 saturated heterocycles. The first-order valence-electron chi connectivity index (χ1n) is 12.2. The fraction of sp³-hybridized carbons (Fsp3) is 0.207. The molecular weight excluding hydrogens is 482 g/mol. The number of hydrogen-bond acceptors (Lipinski definition) is 7. The number of amides is 1. The molecule has 1 aliphatic rings. The third-order valence-electron chi connectivity index (χ3n) is 6.41. The standard InChI is InChI=1S/C29H29N5O4/c1-18-9-11-20(12-10-18)16-38-24-14-13-21(15-25(24)37-4)27-26(19(2)32-29-30-17-31-34(27)29)28(35)33-22-7-5-6-8-23(22)36-3/h5-15,17,27H,16H2,1-4H3,(H,33,35)(H,30,31,32)/t27-/m1/s1. The van der Waals surface area contributed by atoms with Crippen LogP contribution in [-0.2, 0) is 11.4 Å². The second-order valence-electron chi connectivity index (χ2n) is 8.93. The predicted molar refractivity (Wildman–Crippen MR) is 145 cm³/mol. The van der Waals surface area contributed by atoms with Gasteiger partial charge in [0.25, 0.3) is 5.91 Å². The highest BCUT2D eigenvalue weighted by molar-refractivity contribution is 6.06. The average Bonchev–Trinajstić information content (AvgIpc) is 3.40. The van der Waals surface area contributed by atoms with Gasteiger partial charge in [0.1, 0.15) is 24.7 Å². The van der Waals surface area contributed by atoms with E-state index in [-0.39, 0.29) is 5.91 Å². The molecule has 1 aliphatic heterocycles. The Morgan fingerprint density at radius 2 is 1.74 bits per heavy atom. The fourth-order valence-electron chi connectivity index (χ4n) is 4.45. The number of carbonyl (C=O) groups excluding carboxylic acids is 1. The quantitative estimate of drug-likeness (QED) is 0.339. The van der Waals surface area contributed by atoms with E-state index in [0.717, 1.165) is 11.1 Å². The smallest absolute Gasteiger partial charge is 0.255 e. The van der Waals surface area contributed by atoms with Crippen LogP contribution < -0.4 is 24.8 Å². The van der Waals surface area contributed by atoms with Crippen molar-refractivity contribution in [2.24, 2.45) is 0 Å². The van der Waals surface area contributed by atoms with Crippen LogP contribution in [0.25, 0.3) is 0 Å². The van der Waals surface area contributed by atoms with Gasteiger partial charge in [-0.2, -0.15) is 10.1 Å². The van der Waals surface area contributed by atoms with Gasteiger partial charge in [-0.15, -0.1) is 0 Å². The Kier molecular flexibility index (Phi) is 6.99. The molecule has 5 rings (SSSR count). The first kappa shape index (κ1) is 24.9. The number of methoxy groups -OCH3 is 2. The lowest BCUT2D eigenvalue weighted by molar-refractivity contribution is -0.113. The van der Waals surface area contributed by atoms with Gasteiger partial charge in [0.2, 0.25) is 5.95 Å². The number of anilines is 2. The van der Waals surface area contributed by atoms with Gasteiger partial charge in [0, 0.05) is 5.70 Å². The summed E-state index contributed by atoms with van der Waals surface area (Å²) in [4.78, 5) is 18.0. The molecule has 3 aromatic carbocycles. The van der Waals surface area contributed by atoms with E-state index >= 15 is 0 Å². The lowest BCUT2D eigenvalue weighted by Crippen LogP contribution is -2.31. The molecule has 0 bridgehead atoms. The minimum absolute atomic E-state index is 0.288. The molecule has 0 spiro atoms. The molecule has 9 heteroatoms. The molecule has 0 fully saturated rings. The number of rotatable bonds is 8. The van der Waals surface area contributed by atoms with E-state index in [1.807, 2.05) is 49.4 Å². The SMILES string of the molecule is COc1ccccc1NC(=O)C1=C(C)Nc2ncnn2[C@@H]1c1ccc(OCc2ccc(C)cc2)c(OC)c1. The van der Waals surface area contributed by atoms with Gasteiger partial charge in [-0.05, 0) is 49.2 Å². The second kappa shape index (κ2) is 10.7. The monoisotopic (exact) mass is 511 g/mol. The molecule has 2 N–H and O–H groups in total. The van der Waals surface area contributed by atoms with Crippen molar-refractivity contribution in [2.75, 3.05) is 24.9 Å². The number of fused-ring (bicyclic) bond motifs is 1. The Morgan fingerprint density at radius 3 is 2.50 bits per heavy atom. The zero-order valence-corrected chi connectivity index (χ0v) is 21.7. The summed E-state index contributed by atoms with van der Waals surface area (Å²) in [6, 6.07) is 20.5. The van der Waals surface area contributed by atoms with Crippen LogP contribution in [0.4, 0.5) is 11.6 Å². The molecule has 2 heterocycles. The highest BCUT2D eigenvalue weighted by atomic mass is 16.5. The molecule has 4 aromatic rings. The van der Waals surface area contributed by atoms with Gasteiger partial charge < -0.3 is 24.8 Å². The van der Waals surface area contributed by atoms with E-state index < -0.39 is 6.04 Å². The Balaban J connectivity index is 1.47. The van der Waals surface area contributed by atoms with Gasteiger partial charge in [-0.3, -0.25) is 4.79 Å². The van der Waals surface area contributed by atoms with E-state index in [1.54, 1.807) is 31.0 Å². The lowest BCUT2D eigenvalue weighted by atomic mass is 9.94. The van der Waals surface area contributed by atoms with Crippen LogP contribution in [0, 0.1) is 6.92 Å². The summed E-state index contributed by atoms with van der Waals surface area (Å²) in [6.45, 7) is 4.30. The topological polar surface area (TPSA) is 99.5 Å². The maximum absolute atomic E-state index is 13.7. The number of allylic oxidation sites excluding steroid dienone is 1. The van der Waals surface area contributed by atoms with E-state index in [9.17, 15) is 4.79 Å². The van der Waals surface area contributed by atoms with Crippen LogP contribution >= 0.6 is 0 Å². The van der Waals surface area contributed by atoms with Crippen molar-refractivity contribution in [3.05, 3.63) is 101 Å². The number of carbonyl (C=O) groups is 1. The molecule has 38 heavy (non-hydrogen) atoms. The third kappa shape index (κ3) is 4.90. The van der Waals surface area contributed by atoms with E-state index in [0.29, 0.717) is 46.8 Å². The number of nitrogens with zero attached hydrogens (tertiary/aromatic N) is 3. The van der Waals surface area contributed by atoms with Crippen molar-refractivity contribution in [3.8, 4) is 17.2 Å². The van der Waals surface area contributed by atoms with Gasteiger partial charge in [-0.25, -0.2) is 4.68 Å². The Morgan fingerprint density at radius 1 is 0.974 bits per heavy atom. The maximum atomic E-state index is 13.7. The molecular formula is C29H29N5O4. The van der Waals surface area contributed by atoms with Crippen LogP contribution in [-0.4, -0.2) is 34.9 Å². The maximum Gasteiger partial charge on any atom is 0.255 e. The minimum atomic E-state index is -0.552. The van der Waals surface area contributed by atoms with E-state index in [2.05, 4.69) is 39.8 Å². The summed E-state index contributed by atoms with van der Waals surface area (Å²) in [5.74, 6) is 1.98. The van der Waals surface area contributed by atoms with Crippen molar-refractivity contribution < 1.29 is 19.0 Å². The van der Waals surface area contributed by atoms with E-state index in [1.165, 1.54) is 11.9 Å². The Bertz CT molecular complexity index is 1490. The highest BCUT2D eigenvalue weighted by Crippen LogP contribution is 2.39. The van der Waals surface area contributed by atoms with Crippen molar-refractivity contribution in [1.29, 1.82) is 0 Å². The van der Waals surface area contributed by atoms with Crippen LogP contribution in [0.1, 0.15) is 29.7 Å². The molecule has 1 amide bonds. The summed E-state index contributed by atoms with van der Waals surface area (Å²) in [7, 11) is 3.16. The molecule has 194 valence electrons. The molecule has 1 aromatic heterocycles. The largest absolute Gasteiger partial charge is 0.495 e. The van der Waals surface area contributed by atoms with Crippen LogP contribution in [0.2, 0.25) is 0 Å². The molecule has 0 unspecified atom stereocenters. The number of para-hydroxylation sites is 2. The lowest BCUT2D eigenvalue weighted by Gasteiger charge is -2.29. The van der Waals surface area contributed by atoms with Crippen LogP contribution in [0.5, 0.6) is 17.2 Å². The van der Waals surface area contributed by atoms with Gasteiger partial charge in [0.05, 0.1) is 25.5 Å². The number of aromatic nitrogens is 3. The number of aryl methyl sites for hydroxylation is 1. The molecule has 0 aliphatic carbocycles. The number of ether oxygens (including phenoxy) is 3. The molecule has 9 nitrogen and oxygen atoms in total. The fourth-order valence-corrected chi connectivity index (χ4v) is 4.45. The summed E-state index contributed by atoms with van der Waals surface area (Å²) >= 11 is 0. The Labute approximate surface area is 221 Å². The predicted octanol–water partition coefficient (Wildman–Crippen LogP) is 5.11. The first-order valence-corrected chi connectivity index (χ1v) is 12.2. The van der Waals surface area contributed by atoms with Gasteiger partial charge in [-0.1, -0.05) is 48.0 Å². The molecule has 0 saturated carbocycles. The Hall–Kier alpha value is -4.79. The summed E-state index contributed by atoms with van der Waals surface area (Å²) < 4.78 is 18.9. The zero-order valence-electron chi connectivity index (χ0n) is 21.7. The second-order valence-corrected chi connectivity index (χ2v) is 8.93. The van der Waals surface area contributed by atoms with Gasteiger partial charge in [0.15, 0.2) is 11.5 Å².